The van der Waals surface area contributed by atoms with Gasteiger partial charge in [-0.05, 0) is 97.7 Å². The molecule has 0 heterocycles. The van der Waals surface area contributed by atoms with Gasteiger partial charge in [-0.1, -0.05) is 40.5 Å². The molecule has 0 aromatic heterocycles. The van der Waals surface area contributed by atoms with E-state index < -0.39 is 0 Å². The summed E-state index contributed by atoms with van der Waals surface area (Å²) >= 11 is 0. The standard InChI is InChI=1S/C24H42O2P2/c1-5-6-15(2)18-7-8-19-17-14-22(26-27)21-13-16(28-25)9-11-24(21,4)20(17)10-12-23(18,19)3/h15-22H,5-14,27H2,1-4H3/t15?,16-,17?,18?,19?,20?,21+,22+,23-,24-/m1/s1. The molecule has 4 aliphatic carbocycles. The zero-order chi connectivity index (χ0) is 20.1. The SMILES string of the molecule is CCCC(C)C1CCC2C3C[C@H](OP)[C@@H]4C[C@H](P=O)CC[C@]4(C)C3CC[C@]12C. The van der Waals surface area contributed by atoms with Crippen molar-refractivity contribution in [2.24, 2.45) is 46.3 Å². The fraction of sp³-hybridized carbons (Fsp3) is 1.00. The van der Waals surface area contributed by atoms with Crippen LogP contribution in [0.2, 0.25) is 0 Å². The fourth-order valence-corrected chi connectivity index (χ4v) is 9.97. The summed E-state index contributed by atoms with van der Waals surface area (Å²) in [5.74, 6) is 4.98. The molecule has 2 nitrogen and oxygen atoms in total. The maximum absolute atomic E-state index is 11.6. The number of hydrogen-bond acceptors (Lipinski definition) is 2. The summed E-state index contributed by atoms with van der Waals surface area (Å²) in [6.45, 7) is 10.1. The van der Waals surface area contributed by atoms with Crippen LogP contribution in [0.4, 0.5) is 0 Å². The number of hydrogen-bond donors (Lipinski definition) is 0. The molecule has 0 bridgehead atoms. The van der Waals surface area contributed by atoms with Crippen molar-refractivity contribution < 1.29 is 9.09 Å². The first-order chi connectivity index (χ1) is 13.4. The molecular weight excluding hydrogens is 382 g/mol. The Labute approximate surface area is 177 Å². The molecule has 0 aromatic carbocycles. The summed E-state index contributed by atoms with van der Waals surface area (Å²) in [6, 6.07) is 0. The maximum atomic E-state index is 11.6. The first-order valence-corrected chi connectivity index (χ1v) is 13.4. The van der Waals surface area contributed by atoms with Gasteiger partial charge in [-0.3, -0.25) is 4.57 Å². The Kier molecular flexibility index (Phi) is 6.36. The molecule has 4 aliphatic rings. The first-order valence-electron chi connectivity index (χ1n) is 12.1. The van der Waals surface area contributed by atoms with E-state index in [9.17, 15) is 4.57 Å². The lowest BCUT2D eigenvalue weighted by atomic mass is 9.44. The van der Waals surface area contributed by atoms with Crippen LogP contribution < -0.4 is 0 Å². The molecule has 0 aliphatic heterocycles. The Bertz CT molecular complexity index is 583. The molecule has 4 fully saturated rings. The third-order valence-corrected chi connectivity index (χ3v) is 11.6. The lowest BCUT2D eigenvalue weighted by molar-refractivity contribution is -0.149. The van der Waals surface area contributed by atoms with Crippen LogP contribution in [-0.4, -0.2) is 11.8 Å². The van der Waals surface area contributed by atoms with Gasteiger partial charge in [-0.25, -0.2) is 0 Å². The summed E-state index contributed by atoms with van der Waals surface area (Å²) < 4.78 is 17.7. The van der Waals surface area contributed by atoms with Gasteiger partial charge in [0.15, 0.2) is 8.46 Å². The predicted octanol–water partition coefficient (Wildman–Crippen LogP) is 7.53. The summed E-state index contributed by atoms with van der Waals surface area (Å²) in [6.07, 6.45) is 13.6. The average Bonchev–Trinajstić information content (AvgIpc) is 3.04. The topological polar surface area (TPSA) is 26.3 Å². The van der Waals surface area contributed by atoms with Crippen molar-refractivity contribution in [2.45, 2.75) is 104 Å². The quantitative estimate of drug-likeness (QED) is 0.426. The highest BCUT2D eigenvalue weighted by Gasteiger charge is 2.62. The smallest absolute Gasteiger partial charge is 0.158 e. The van der Waals surface area contributed by atoms with Gasteiger partial charge < -0.3 is 4.52 Å². The van der Waals surface area contributed by atoms with Crippen molar-refractivity contribution in [3.8, 4) is 0 Å². The van der Waals surface area contributed by atoms with E-state index in [2.05, 4.69) is 37.2 Å². The van der Waals surface area contributed by atoms with Crippen LogP contribution in [-0.2, 0) is 9.09 Å². The second-order valence-electron chi connectivity index (χ2n) is 11.4. The zero-order valence-corrected chi connectivity index (χ0v) is 20.6. The second-order valence-corrected chi connectivity index (χ2v) is 12.6. The van der Waals surface area contributed by atoms with E-state index in [1.54, 1.807) is 0 Å². The van der Waals surface area contributed by atoms with Crippen LogP contribution in [0.15, 0.2) is 0 Å². The van der Waals surface area contributed by atoms with Crippen LogP contribution in [0.1, 0.15) is 91.9 Å². The van der Waals surface area contributed by atoms with Crippen LogP contribution in [0.25, 0.3) is 0 Å². The van der Waals surface area contributed by atoms with Crippen LogP contribution in [0, 0.1) is 46.3 Å². The van der Waals surface area contributed by atoms with E-state index in [0.717, 1.165) is 42.4 Å². The third kappa shape index (κ3) is 3.28. The van der Waals surface area contributed by atoms with E-state index in [4.69, 9.17) is 4.52 Å². The average molecular weight is 425 g/mol. The molecule has 28 heavy (non-hydrogen) atoms. The predicted molar refractivity (Wildman–Crippen MR) is 121 cm³/mol. The number of fused-ring (bicyclic) bond motifs is 5. The van der Waals surface area contributed by atoms with Gasteiger partial charge >= 0.3 is 0 Å². The summed E-state index contributed by atoms with van der Waals surface area (Å²) in [7, 11) is 2.95. The molecular formula is C24H42O2P2. The maximum Gasteiger partial charge on any atom is 0.158 e. The molecule has 0 radical (unpaired) electrons. The minimum Gasteiger partial charge on any atom is -0.362 e. The minimum absolute atomic E-state index is 0.343. The zero-order valence-electron chi connectivity index (χ0n) is 18.5. The highest BCUT2D eigenvalue weighted by Crippen LogP contribution is 2.69. The molecule has 4 saturated carbocycles. The largest absolute Gasteiger partial charge is 0.362 e. The van der Waals surface area contributed by atoms with Crippen molar-refractivity contribution in [2.75, 3.05) is 0 Å². The minimum atomic E-state index is 0.343. The van der Waals surface area contributed by atoms with Gasteiger partial charge in [0.05, 0.1) is 6.10 Å². The Morgan fingerprint density at radius 3 is 2.43 bits per heavy atom. The molecule has 0 saturated heterocycles. The molecule has 160 valence electrons. The monoisotopic (exact) mass is 424 g/mol. The molecule has 6 unspecified atom stereocenters. The van der Waals surface area contributed by atoms with Crippen molar-refractivity contribution >= 4 is 17.9 Å². The van der Waals surface area contributed by atoms with Crippen LogP contribution in [0.3, 0.4) is 0 Å². The van der Waals surface area contributed by atoms with Gasteiger partial charge in [0.25, 0.3) is 0 Å². The Balaban J connectivity index is 1.61. The number of rotatable bonds is 5. The molecule has 4 heteroatoms. The van der Waals surface area contributed by atoms with E-state index in [1.165, 1.54) is 51.4 Å². The van der Waals surface area contributed by atoms with Crippen molar-refractivity contribution in [3.63, 3.8) is 0 Å². The van der Waals surface area contributed by atoms with Gasteiger partial charge in [-0.15, -0.1) is 0 Å². The Morgan fingerprint density at radius 2 is 1.75 bits per heavy atom. The van der Waals surface area contributed by atoms with Gasteiger partial charge in [0.2, 0.25) is 0 Å². The molecule has 0 N–H and O–H groups in total. The van der Waals surface area contributed by atoms with E-state index in [1.807, 2.05) is 0 Å². The summed E-state index contributed by atoms with van der Waals surface area (Å²) in [4.78, 5) is 0. The van der Waals surface area contributed by atoms with E-state index >= 15 is 0 Å². The lowest BCUT2D eigenvalue weighted by Gasteiger charge is -2.62. The van der Waals surface area contributed by atoms with Crippen molar-refractivity contribution in [1.29, 1.82) is 0 Å². The molecule has 4 rings (SSSR count). The molecule has 11 atom stereocenters. The Morgan fingerprint density at radius 1 is 1.04 bits per heavy atom. The van der Waals surface area contributed by atoms with Crippen molar-refractivity contribution in [3.05, 3.63) is 0 Å². The van der Waals surface area contributed by atoms with E-state index in [0.29, 0.717) is 37.0 Å². The lowest BCUT2D eigenvalue weighted by Crippen LogP contribution is -2.58. The molecule has 0 amide bonds. The highest BCUT2D eigenvalue weighted by molar-refractivity contribution is 7.24. The normalized spacial score (nSPS) is 52.0. The second kappa shape index (κ2) is 8.20. The third-order valence-electron chi connectivity index (χ3n) is 10.5. The van der Waals surface area contributed by atoms with Crippen molar-refractivity contribution in [1.82, 2.24) is 0 Å². The fourth-order valence-electron chi connectivity index (χ4n) is 9.13. The molecule has 0 aromatic rings. The molecule has 0 spiro atoms. The Hall–Kier alpha value is 0.490. The van der Waals surface area contributed by atoms with Crippen LogP contribution >= 0.6 is 17.9 Å². The van der Waals surface area contributed by atoms with Crippen LogP contribution in [0.5, 0.6) is 0 Å². The first kappa shape index (κ1) is 21.7. The highest BCUT2D eigenvalue weighted by atomic mass is 31.1. The summed E-state index contributed by atoms with van der Waals surface area (Å²) in [5.41, 5.74) is 1.30. The van der Waals surface area contributed by atoms with Gasteiger partial charge in [0, 0.05) is 15.1 Å². The van der Waals surface area contributed by atoms with Gasteiger partial charge in [-0.2, -0.15) is 0 Å². The van der Waals surface area contributed by atoms with Gasteiger partial charge in [0.1, 0.15) is 0 Å². The summed E-state index contributed by atoms with van der Waals surface area (Å²) in [5, 5.41) is 0. The van der Waals surface area contributed by atoms with E-state index in [-0.39, 0.29) is 0 Å².